The first kappa shape index (κ1) is 20.7. The van der Waals surface area contributed by atoms with E-state index in [2.05, 4.69) is 9.36 Å². The van der Waals surface area contributed by atoms with Crippen LogP contribution in [0.1, 0.15) is 12.5 Å². The summed E-state index contributed by atoms with van der Waals surface area (Å²) in [6, 6.07) is 10.2. The van der Waals surface area contributed by atoms with E-state index in [-0.39, 0.29) is 0 Å². The van der Waals surface area contributed by atoms with Gasteiger partial charge in [0, 0.05) is 30.8 Å². The molecule has 0 bridgehead atoms. The van der Waals surface area contributed by atoms with E-state index in [9.17, 15) is 4.21 Å². The maximum absolute atomic E-state index is 12.3. The highest BCUT2D eigenvalue weighted by atomic mass is 35.5. The summed E-state index contributed by atoms with van der Waals surface area (Å²) in [7, 11) is -0.784. The van der Waals surface area contributed by atoms with Crippen molar-refractivity contribution in [3.8, 4) is 17.7 Å². The van der Waals surface area contributed by atoms with Gasteiger partial charge in [0.25, 0.3) is 0 Å². The number of hydrogen-bond donors (Lipinski definition) is 0. The maximum Gasteiger partial charge on any atom is 0.214 e. The van der Waals surface area contributed by atoms with Crippen molar-refractivity contribution >= 4 is 33.4 Å². The lowest BCUT2D eigenvalue weighted by Crippen LogP contribution is -2.14. The average molecular weight is 405 g/mol. The largest absolute Gasteiger partial charge is 0.457 e. The molecule has 0 aliphatic carbocycles. The summed E-state index contributed by atoms with van der Waals surface area (Å²) in [5, 5.41) is 9.11. The van der Waals surface area contributed by atoms with E-state index >= 15 is 0 Å². The number of rotatable bonds is 6. The van der Waals surface area contributed by atoms with Gasteiger partial charge in [-0.05, 0) is 49.7 Å². The molecule has 0 fully saturated rings. The summed E-state index contributed by atoms with van der Waals surface area (Å²) in [6.45, 7) is 4.79. The topological polar surface area (TPSA) is 78.0 Å². The van der Waals surface area contributed by atoms with Gasteiger partial charge in [-0.15, -0.1) is 4.36 Å². The summed E-state index contributed by atoms with van der Waals surface area (Å²) in [4.78, 5) is 6.80. The number of nitriles is 1. The molecule has 0 aliphatic heterocycles. The Morgan fingerprint density at radius 2 is 2.00 bits per heavy atom. The lowest BCUT2D eigenvalue weighted by atomic mass is 10.2. The van der Waals surface area contributed by atoms with Gasteiger partial charge < -0.3 is 9.64 Å². The monoisotopic (exact) mass is 404 g/mol. The molecular formula is C19H21ClN4O2S. The maximum atomic E-state index is 12.3. The highest BCUT2D eigenvalue weighted by Crippen LogP contribution is 2.35. The minimum Gasteiger partial charge on any atom is -0.457 e. The first-order valence-electron chi connectivity index (χ1n) is 8.19. The number of nitrogens with zero attached hydrogens (tertiary/aromatic N) is 4. The molecule has 0 saturated carbocycles. The van der Waals surface area contributed by atoms with Crippen LogP contribution in [0.4, 0.5) is 5.69 Å². The predicted octanol–water partition coefficient (Wildman–Crippen LogP) is 4.99. The van der Waals surface area contributed by atoms with Crippen LogP contribution in [0.5, 0.6) is 11.5 Å². The second-order valence-corrected chi connectivity index (χ2v) is 8.62. The summed E-state index contributed by atoms with van der Waals surface area (Å²) in [5.41, 5.74) is 1.55. The van der Waals surface area contributed by atoms with Gasteiger partial charge in [0.1, 0.15) is 11.5 Å². The summed E-state index contributed by atoms with van der Waals surface area (Å²) in [5.74, 6) is 1.17. The summed E-state index contributed by atoms with van der Waals surface area (Å²) >= 11 is 6.32. The van der Waals surface area contributed by atoms with Crippen LogP contribution in [0, 0.1) is 18.4 Å². The molecule has 2 rings (SSSR count). The number of hydrogen-bond acceptors (Lipinski definition) is 5. The summed E-state index contributed by atoms with van der Waals surface area (Å²) in [6.07, 6.45) is 4.74. The molecule has 2 aromatic rings. The highest BCUT2D eigenvalue weighted by molar-refractivity contribution is 7.93. The Morgan fingerprint density at radius 3 is 2.59 bits per heavy atom. The zero-order valence-electron chi connectivity index (χ0n) is 15.6. The molecule has 1 unspecified atom stereocenters. The van der Waals surface area contributed by atoms with E-state index in [0.717, 1.165) is 12.1 Å². The van der Waals surface area contributed by atoms with Crippen LogP contribution in [0.2, 0.25) is 5.02 Å². The van der Waals surface area contributed by atoms with Gasteiger partial charge in [-0.2, -0.15) is 5.26 Å². The van der Waals surface area contributed by atoms with Gasteiger partial charge >= 0.3 is 0 Å². The van der Waals surface area contributed by atoms with Gasteiger partial charge in [0.2, 0.25) is 6.19 Å². The van der Waals surface area contributed by atoms with Gasteiger partial charge in [0.15, 0.2) is 0 Å². The Kier molecular flexibility index (Phi) is 6.83. The molecular weight excluding hydrogens is 384 g/mol. The van der Waals surface area contributed by atoms with Gasteiger partial charge in [-0.1, -0.05) is 11.6 Å². The first-order valence-corrected chi connectivity index (χ1v) is 10.5. The molecule has 2 aromatic carbocycles. The molecule has 0 N–H and O–H groups in total. The highest BCUT2D eigenvalue weighted by Gasteiger charge is 2.10. The molecule has 0 aromatic heterocycles. The van der Waals surface area contributed by atoms with E-state index in [1.54, 1.807) is 42.9 Å². The third-order valence-electron chi connectivity index (χ3n) is 3.84. The van der Waals surface area contributed by atoms with Crippen LogP contribution >= 0.6 is 11.6 Å². The minimum absolute atomic E-state index is 0.468. The average Bonchev–Trinajstić information content (AvgIpc) is 2.63. The predicted molar refractivity (Wildman–Crippen MR) is 110 cm³/mol. The molecule has 142 valence electrons. The normalized spacial score (nSPS) is 13.0. The van der Waals surface area contributed by atoms with E-state index in [0.29, 0.717) is 27.1 Å². The number of ether oxygens (including phenoxy) is 1. The number of aryl methyl sites for hydroxylation is 1. The smallest absolute Gasteiger partial charge is 0.214 e. The van der Waals surface area contributed by atoms with E-state index in [4.69, 9.17) is 21.6 Å². The van der Waals surface area contributed by atoms with Gasteiger partial charge in [0.05, 0.1) is 26.8 Å². The molecule has 27 heavy (non-hydrogen) atoms. The standard InChI is InChI=1S/C19H21ClN4O2S/c1-5-24(3)13-22-18-10-14(2)19(11-17(18)20)26-15-6-8-16(9-7-15)27(4,25)23-12-21/h6-11,13H,5H2,1-4H3. The second-order valence-electron chi connectivity index (χ2n) is 5.95. The third-order valence-corrected chi connectivity index (χ3v) is 5.72. The van der Waals surface area contributed by atoms with Crippen molar-refractivity contribution in [2.24, 2.45) is 9.36 Å². The number of benzene rings is 2. The van der Waals surface area contributed by atoms with Crippen LogP contribution in [0.25, 0.3) is 0 Å². The minimum atomic E-state index is -2.72. The fourth-order valence-corrected chi connectivity index (χ4v) is 3.22. The zero-order chi connectivity index (χ0) is 20.0. The van der Waals surface area contributed by atoms with Gasteiger partial charge in [-0.3, -0.25) is 0 Å². The Labute approximate surface area is 165 Å². The summed E-state index contributed by atoms with van der Waals surface area (Å²) < 4.78 is 21.6. The Balaban J connectivity index is 2.24. The van der Waals surface area contributed by atoms with Crippen LogP contribution in [0.15, 0.2) is 50.6 Å². The van der Waals surface area contributed by atoms with Crippen molar-refractivity contribution in [2.75, 3.05) is 19.8 Å². The first-order chi connectivity index (χ1) is 12.8. The Morgan fingerprint density at radius 1 is 1.33 bits per heavy atom. The second kappa shape index (κ2) is 8.89. The molecule has 0 heterocycles. The number of halogens is 1. The third kappa shape index (κ3) is 5.46. The van der Waals surface area contributed by atoms with Crippen LogP contribution in [-0.4, -0.2) is 35.3 Å². The van der Waals surface area contributed by atoms with Crippen molar-refractivity contribution in [3.05, 3.63) is 47.0 Å². The molecule has 0 spiro atoms. The quantitative estimate of drug-likeness (QED) is 0.386. The SMILES string of the molecule is CCN(C)C=Nc1cc(C)c(Oc2ccc(S(C)(=O)=NC#N)cc2)cc1Cl. The van der Waals surface area contributed by atoms with E-state index in [1.807, 2.05) is 31.9 Å². The molecule has 1 atom stereocenters. The van der Waals surface area contributed by atoms with Crippen LogP contribution < -0.4 is 4.74 Å². The molecule has 0 aliphatic rings. The molecule has 8 heteroatoms. The van der Waals surface area contributed by atoms with Crippen molar-refractivity contribution in [1.82, 2.24) is 4.90 Å². The van der Waals surface area contributed by atoms with Crippen LogP contribution in [0.3, 0.4) is 0 Å². The lowest BCUT2D eigenvalue weighted by Gasteiger charge is -2.12. The molecule has 6 nitrogen and oxygen atoms in total. The molecule has 0 saturated heterocycles. The van der Waals surface area contributed by atoms with Crippen molar-refractivity contribution in [1.29, 1.82) is 5.26 Å². The fraction of sp³-hybridized carbons (Fsp3) is 0.263. The van der Waals surface area contributed by atoms with Crippen LogP contribution in [-0.2, 0) is 9.73 Å². The fourth-order valence-electron chi connectivity index (χ4n) is 2.12. The van der Waals surface area contributed by atoms with Gasteiger partial charge in [-0.25, -0.2) is 9.20 Å². The molecule has 0 amide bonds. The lowest BCUT2D eigenvalue weighted by molar-refractivity contribution is 0.478. The zero-order valence-corrected chi connectivity index (χ0v) is 17.2. The van der Waals surface area contributed by atoms with Crippen molar-refractivity contribution in [2.45, 2.75) is 18.7 Å². The number of aliphatic imine (C=N–C) groups is 1. The van der Waals surface area contributed by atoms with E-state index in [1.165, 1.54) is 6.26 Å². The Bertz CT molecular complexity index is 1000. The molecule has 0 radical (unpaired) electrons. The Hall–Kier alpha value is -2.56. The van der Waals surface area contributed by atoms with Crippen molar-refractivity contribution < 1.29 is 8.95 Å². The van der Waals surface area contributed by atoms with E-state index < -0.39 is 9.73 Å². The van der Waals surface area contributed by atoms with Crippen molar-refractivity contribution in [3.63, 3.8) is 0 Å².